The van der Waals surface area contributed by atoms with Crippen molar-refractivity contribution in [2.24, 2.45) is 0 Å². The summed E-state index contributed by atoms with van der Waals surface area (Å²) in [5.41, 5.74) is 1.03. The Morgan fingerprint density at radius 2 is 1.92 bits per heavy atom. The number of ether oxygens (including phenoxy) is 2. The summed E-state index contributed by atoms with van der Waals surface area (Å²) in [5, 5.41) is 2.83. The number of Topliss-reactive ketones (excluding diaryl/α,β-unsaturated/α-hetero) is 1. The molecule has 1 N–H and O–H groups in total. The summed E-state index contributed by atoms with van der Waals surface area (Å²) in [6.45, 7) is 6.46. The first-order chi connectivity index (χ1) is 12.4. The van der Waals surface area contributed by atoms with Gasteiger partial charge in [-0.05, 0) is 62.7 Å². The van der Waals surface area contributed by atoms with Crippen LogP contribution in [0.2, 0.25) is 0 Å². The molecule has 3 rings (SSSR count). The summed E-state index contributed by atoms with van der Waals surface area (Å²) in [5.74, 6) is 1.01. The number of benzene rings is 2. The molecule has 1 heterocycles. The molecular formula is C21H23NO4. The van der Waals surface area contributed by atoms with Gasteiger partial charge in [0.2, 0.25) is 0 Å². The van der Waals surface area contributed by atoms with E-state index in [1.807, 2.05) is 32.9 Å². The molecule has 1 amide bonds. The summed E-state index contributed by atoms with van der Waals surface area (Å²) in [4.78, 5) is 24.8. The van der Waals surface area contributed by atoms with E-state index < -0.39 is 5.60 Å². The lowest BCUT2D eigenvalue weighted by Gasteiger charge is -2.31. The number of fused-ring (bicyclic) bond motifs is 1. The SMILES string of the molecule is CCCOc1ccc(NC(=O)c2ccc3c(c2)C(=O)CC(C)(C)O3)cc1. The van der Waals surface area contributed by atoms with Crippen molar-refractivity contribution < 1.29 is 19.1 Å². The number of nitrogens with one attached hydrogen (secondary N) is 1. The summed E-state index contributed by atoms with van der Waals surface area (Å²) in [7, 11) is 0. The van der Waals surface area contributed by atoms with Gasteiger partial charge in [-0.15, -0.1) is 0 Å². The van der Waals surface area contributed by atoms with E-state index in [0.717, 1.165) is 12.2 Å². The predicted octanol–water partition coefficient (Wildman–Crippen LogP) is 4.47. The molecule has 5 heteroatoms. The van der Waals surface area contributed by atoms with E-state index in [4.69, 9.17) is 9.47 Å². The van der Waals surface area contributed by atoms with Gasteiger partial charge in [0.15, 0.2) is 5.78 Å². The first kappa shape index (κ1) is 18.0. The third-order valence-corrected chi connectivity index (χ3v) is 4.10. The molecule has 1 aliphatic heterocycles. The minimum absolute atomic E-state index is 0.0108. The van der Waals surface area contributed by atoms with Crippen molar-refractivity contribution in [1.29, 1.82) is 0 Å². The third-order valence-electron chi connectivity index (χ3n) is 4.10. The predicted molar refractivity (Wildman–Crippen MR) is 100 cm³/mol. The maximum Gasteiger partial charge on any atom is 0.255 e. The maximum atomic E-state index is 12.5. The van der Waals surface area contributed by atoms with Crippen LogP contribution in [0.3, 0.4) is 0 Å². The number of anilines is 1. The van der Waals surface area contributed by atoms with Gasteiger partial charge in [-0.25, -0.2) is 0 Å². The van der Waals surface area contributed by atoms with Gasteiger partial charge in [-0.3, -0.25) is 9.59 Å². The van der Waals surface area contributed by atoms with Crippen molar-refractivity contribution in [1.82, 2.24) is 0 Å². The fraction of sp³-hybridized carbons (Fsp3) is 0.333. The van der Waals surface area contributed by atoms with Crippen molar-refractivity contribution in [3.05, 3.63) is 53.6 Å². The van der Waals surface area contributed by atoms with E-state index in [0.29, 0.717) is 35.6 Å². The zero-order chi connectivity index (χ0) is 18.7. The zero-order valence-electron chi connectivity index (χ0n) is 15.3. The number of amides is 1. The van der Waals surface area contributed by atoms with Crippen LogP contribution in [-0.4, -0.2) is 23.9 Å². The Kier molecular flexibility index (Phi) is 4.98. The lowest BCUT2D eigenvalue weighted by atomic mass is 9.92. The van der Waals surface area contributed by atoms with Crippen LogP contribution in [0.25, 0.3) is 0 Å². The van der Waals surface area contributed by atoms with E-state index >= 15 is 0 Å². The third kappa shape index (κ3) is 4.04. The molecule has 0 aromatic heterocycles. The number of hydrogen-bond acceptors (Lipinski definition) is 4. The Hall–Kier alpha value is -2.82. The minimum atomic E-state index is -0.518. The van der Waals surface area contributed by atoms with Crippen molar-refractivity contribution in [2.45, 2.75) is 39.2 Å². The van der Waals surface area contributed by atoms with Gasteiger partial charge in [0.1, 0.15) is 17.1 Å². The molecular weight excluding hydrogens is 330 g/mol. The lowest BCUT2D eigenvalue weighted by Crippen LogP contribution is -2.36. The highest BCUT2D eigenvalue weighted by Crippen LogP contribution is 2.33. The Balaban J connectivity index is 1.73. The largest absolute Gasteiger partial charge is 0.494 e. The number of carbonyl (C=O) groups is 2. The number of ketones is 1. The first-order valence-corrected chi connectivity index (χ1v) is 8.78. The number of carbonyl (C=O) groups excluding carboxylic acids is 2. The van der Waals surface area contributed by atoms with Crippen molar-refractivity contribution >= 4 is 17.4 Å². The molecule has 0 atom stereocenters. The van der Waals surface area contributed by atoms with Crippen LogP contribution < -0.4 is 14.8 Å². The van der Waals surface area contributed by atoms with Gasteiger partial charge in [-0.2, -0.15) is 0 Å². The van der Waals surface area contributed by atoms with Crippen molar-refractivity contribution in [2.75, 3.05) is 11.9 Å². The van der Waals surface area contributed by atoms with Gasteiger partial charge >= 0.3 is 0 Å². The summed E-state index contributed by atoms with van der Waals surface area (Å²) in [6.07, 6.45) is 1.24. The van der Waals surface area contributed by atoms with Crippen molar-refractivity contribution in [3.63, 3.8) is 0 Å². The first-order valence-electron chi connectivity index (χ1n) is 8.78. The van der Waals surface area contributed by atoms with E-state index in [1.165, 1.54) is 0 Å². The quantitative estimate of drug-likeness (QED) is 0.861. The molecule has 0 unspecified atom stereocenters. The monoisotopic (exact) mass is 353 g/mol. The van der Waals surface area contributed by atoms with Crippen LogP contribution in [0.1, 0.15) is 54.3 Å². The van der Waals surface area contributed by atoms with E-state index in [9.17, 15) is 9.59 Å². The highest BCUT2D eigenvalue weighted by molar-refractivity contribution is 6.07. The second-order valence-electron chi connectivity index (χ2n) is 7.00. The average Bonchev–Trinajstić information content (AvgIpc) is 2.60. The molecule has 0 fully saturated rings. The second-order valence-corrected chi connectivity index (χ2v) is 7.00. The molecule has 0 aliphatic carbocycles. The molecule has 1 aliphatic rings. The Morgan fingerprint density at radius 3 is 2.62 bits per heavy atom. The van der Waals surface area contributed by atoms with Crippen LogP contribution in [0.4, 0.5) is 5.69 Å². The molecule has 26 heavy (non-hydrogen) atoms. The molecule has 0 saturated carbocycles. The maximum absolute atomic E-state index is 12.5. The number of hydrogen-bond donors (Lipinski definition) is 1. The minimum Gasteiger partial charge on any atom is -0.494 e. The van der Waals surface area contributed by atoms with Gasteiger partial charge in [0, 0.05) is 11.3 Å². The Morgan fingerprint density at radius 1 is 1.19 bits per heavy atom. The van der Waals surface area contributed by atoms with Gasteiger partial charge in [-0.1, -0.05) is 6.92 Å². The normalized spacial score (nSPS) is 15.0. The number of rotatable bonds is 5. The van der Waals surface area contributed by atoms with Crippen LogP contribution in [0, 0.1) is 0 Å². The Labute approximate surface area is 153 Å². The summed E-state index contributed by atoms with van der Waals surface area (Å²) >= 11 is 0. The fourth-order valence-corrected chi connectivity index (χ4v) is 2.85. The smallest absolute Gasteiger partial charge is 0.255 e. The zero-order valence-corrected chi connectivity index (χ0v) is 15.3. The Bertz CT molecular complexity index is 824. The molecule has 0 radical (unpaired) electrons. The van der Waals surface area contributed by atoms with Gasteiger partial charge < -0.3 is 14.8 Å². The second kappa shape index (κ2) is 7.20. The summed E-state index contributed by atoms with van der Waals surface area (Å²) < 4.78 is 11.3. The molecule has 5 nitrogen and oxygen atoms in total. The molecule has 0 bridgehead atoms. The molecule has 0 saturated heterocycles. The lowest BCUT2D eigenvalue weighted by molar-refractivity contribution is 0.0620. The van der Waals surface area contributed by atoms with Crippen LogP contribution >= 0.6 is 0 Å². The molecule has 2 aromatic carbocycles. The molecule has 136 valence electrons. The van der Waals surface area contributed by atoms with E-state index in [-0.39, 0.29) is 11.7 Å². The summed E-state index contributed by atoms with van der Waals surface area (Å²) in [6, 6.07) is 12.2. The molecule has 0 spiro atoms. The standard InChI is InChI=1S/C21H23NO4/c1-4-11-25-16-8-6-15(7-9-16)22-20(24)14-5-10-19-17(12-14)18(23)13-21(2,3)26-19/h5-10,12H,4,11,13H2,1-3H3,(H,22,24). The van der Waals surface area contributed by atoms with Crippen molar-refractivity contribution in [3.8, 4) is 11.5 Å². The van der Waals surface area contributed by atoms with E-state index in [1.54, 1.807) is 30.3 Å². The highest BCUT2D eigenvalue weighted by atomic mass is 16.5. The van der Waals surface area contributed by atoms with E-state index in [2.05, 4.69) is 5.32 Å². The van der Waals surface area contributed by atoms with Crippen LogP contribution in [0.5, 0.6) is 11.5 Å². The highest BCUT2D eigenvalue weighted by Gasteiger charge is 2.32. The fourth-order valence-electron chi connectivity index (χ4n) is 2.85. The van der Waals surface area contributed by atoms with Gasteiger partial charge in [0.05, 0.1) is 18.6 Å². The molecule has 2 aromatic rings. The topological polar surface area (TPSA) is 64.6 Å². The average molecular weight is 353 g/mol. The van der Waals surface area contributed by atoms with Gasteiger partial charge in [0.25, 0.3) is 5.91 Å². The van der Waals surface area contributed by atoms with Crippen LogP contribution in [-0.2, 0) is 0 Å². The van der Waals surface area contributed by atoms with Crippen LogP contribution in [0.15, 0.2) is 42.5 Å².